The molecule has 1 unspecified atom stereocenters. The monoisotopic (exact) mass is 592 g/mol. The first kappa shape index (κ1) is 31.3. The van der Waals surface area contributed by atoms with Gasteiger partial charge in [0.1, 0.15) is 5.75 Å². The van der Waals surface area contributed by atoms with Crippen LogP contribution in [0.3, 0.4) is 0 Å². The number of ether oxygens (including phenoxy) is 1. The molecule has 1 aliphatic rings. The molecular formula is C27H30B3F2N4O3PS. The Kier molecular flexibility index (Phi) is 9.37. The van der Waals surface area contributed by atoms with Crippen molar-refractivity contribution in [1.29, 1.82) is 0 Å². The Hall–Kier alpha value is -2.67. The van der Waals surface area contributed by atoms with Crippen LogP contribution in [0.15, 0.2) is 47.4 Å². The van der Waals surface area contributed by atoms with Crippen LogP contribution in [0.5, 0.6) is 5.75 Å². The van der Waals surface area contributed by atoms with E-state index in [1.54, 1.807) is 21.4 Å². The fraction of sp³-hybridized carbons (Fsp3) is 0.407. The van der Waals surface area contributed by atoms with Gasteiger partial charge >= 0.3 is 0 Å². The average molecular weight is 592 g/mol. The number of fused-ring (bicyclic) bond motifs is 1. The van der Waals surface area contributed by atoms with Crippen LogP contribution in [0.4, 0.5) is 20.2 Å². The highest BCUT2D eigenvalue weighted by atomic mass is 32.2. The molecule has 3 aromatic rings. The first-order valence-corrected chi connectivity index (χ1v) is 15.4. The Labute approximate surface area is 246 Å². The van der Waals surface area contributed by atoms with Crippen molar-refractivity contribution in [3.63, 3.8) is 0 Å². The van der Waals surface area contributed by atoms with Crippen molar-refractivity contribution in [3.05, 3.63) is 48.2 Å². The molecule has 0 amide bonds. The minimum Gasteiger partial charge on any atom is -0.495 e. The topological polar surface area (TPSA) is 75.6 Å². The summed E-state index contributed by atoms with van der Waals surface area (Å²) in [6, 6.07) is 12.0. The maximum absolute atomic E-state index is 14.2. The Morgan fingerprint density at radius 2 is 1.83 bits per heavy atom. The van der Waals surface area contributed by atoms with Gasteiger partial charge in [-0.3, -0.25) is 0 Å². The lowest BCUT2D eigenvalue weighted by atomic mass is 9.48. The predicted molar refractivity (Wildman–Crippen MR) is 166 cm³/mol. The van der Waals surface area contributed by atoms with Gasteiger partial charge in [0.05, 0.1) is 65.5 Å². The number of hydrogen-bond donors (Lipinski definition) is 2. The second-order valence-corrected chi connectivity index (χ2v) is 13.1. The third-order valence-corrected chi connectivity index (χ3v) is 8.19. The zero-order chi connectivity index (χ0) is 30.0. The van der Waals surface area contributed by atoms with E-state index in [0.29, 0.717) is 35.7 Å². The van der Waals surface area contributed by atoms with Crippen molar-refractivity contribution in [2.45, 2.75) is 41.2 Å². The van der Waals surface area contributed by atoms with Crippen molar-refractivity contribution in [1.82, 2.24) is 9.47 Å². The molecule has 210 valence electrons. The number of benzene rings is 2. The zero-order valence-electron chi connectivity index (χ0n) is 23.0. The molecule has 1 saturated heterocycles. The highest BCUT2D eigenvalue weighted by molar-refractivity contribution is 7.90. The quantitative estimate of drug-likeness (QED) is 0.226. The Bertz CT molecular complexity index is 1570. The molecule has 1 aromatic heterocycles. The maximum Gasteiger partial charge on any atom is 0.276 e. The molecular weight excluding hydrogens is 562 g/mol. The minimum atomic E-state index is -3.39. The minimum absolute atomic E-state index is 0.133. The van der Waals surface area contributed by atoms with Crippen LogP contribution in [0, 0.1) is 11.8 Å². The van der Waals surface area contributed by atoms with E-state index in [-0.39, 0.29) is 17.5 Å². The number of alkyl halides is 2. The van der Waals surface area contributed by atoms with E-state index in [4.69, 9.17) is 28.3 Å². The maximum atomic E-state index is 14.2. The molecule has 1 atom stereocenters. The predicted octanol–water partition coefficient (Wildman–Crippen LogP) is 2.98. The number of nitrogens with zero attached hydrogens (tertiary/aromatic N) is 2. The number of halogens is 2. The van der Waals surface area contributed by atoms with Crippen LogP contribution in [0.25, 0.3) is 10.9 Å². The van der Waals surface area contributed by atoms with E-state index in [1.165, 1.54) is 23.8 Å². The number of aromatic nitrogens is 1. The van der Waals surface area contributed by atoms with Gasteiger partial charge in [-0.1, -0.05) is 26.5 Å². The van der Waals surface area contributed by atoms with E-state index in [9.17, 15) is 17.2 Å². The van der Waals surface area contributed by atoms with Gasteiger partial charge in [-0.2, -0.15) is 0 Å². The van der Waals surface area contributed by atoms with Crippen molar-refractivity contribution in [3.8, 4) is 17.6 Å². The SMILES string of the molecule is [B]C([B])([B])N1CCC(Nc2cccc3c2cc(C#CCNc2ccc(S(C)(=O)=O)cc2OC)n3CC(F)(F)P)CC1. The van der Waals surface area contributed by atoms with Gasteiger partial charge in [0.2, 0.25) is 0 Å². The Balaban J connectivity index is 1.57. The standard InChI is InChI=1S/C27H30B3F2N4O3PS/c1-39-25-16-20(41(2,37)38)8-9-23(25)33-12-4-5-19-15-21-22(6-3-7-24(21)36(19)17-26(31,32)40)34-18-10-13-35(14-11-18)27(28,29)30/h3,6-9,15-16,18,33-34H,10-14,17,40H2,1-2H3. The van der Waals surface area contributed by atoms with E-state index in [0.717, 1.165) is 30.2 Å². The van der Waals surface area contributed by atoms with Gasteiger partial charge in [0, 0.05) is 29.4 Å². The van der Waals surface area contributed by atoms with Crippen LogP contribution in [0.2, 0.25) is 0 Å². The van der Waals surface area contributed by atoms with Crippen molar-refractivity contribution in [2.75, 3.05) is 43.6 Å². The molecule has 7 nitrogen and oxygen atoms in total. The van der Waals surface area contributed by atoms with Crippen LogP contribution >= 0.6 is 9.24 Å². The van der Waals surface area contributed by atoms with Gasteiger partial charge < -0.3 is 24.8 Å². The van der Waals surface area contributed by atoms with Crippen molar-refractivity contribution < 1.29 is 21.9 Å². The smallest absolute Gasteiger partial charge is 0.276 e. The number of methoxy groups -OCH3 is 1. The lowest BCUT2D eigenvalue weighted by Crippen LogP contribution is -2.55. The lowest BCUT2D eigenvalue weighted by Gasteiger charge is -2.42. The summed E-state index contributed by atoms with van der Waals surface area (Å²) in [6.45, 7) is 0.862. The summed E-state index contributed by atoms with van der Waals surface area (Å²) in [7, 11) is 17.1. The van der Waals surface area contributed by atoms with E-state index < -0.39 is 27.3 Å². The number of sulfone groups is 1. The van der Waals surface area contributed by atoms with Gasteiger partial charge in [0.15, 0.2) is 9.84 Å². The highest BCUT2D eigenvalue weighted by Crippen LogP contribution is 2.33. The molecule has 41 heavy (non-hydrogen) atoms. The van der Waals surface area contributed by atoms with Crippen LogP contribution in [0.1, 0.15) is 18.5 Å². The first-order valence-electron chi connectivity index (χ1n) is 12.9. The number of piperidine rings is 1. The second kappa shape index (κ2) is 12.3. The van der Waals surface area contributed by atoms with E-state index in [2.05, 4.69) is 22.5 Å². The molecule has 1 fully saturated rings. The average Bonchev–Trinajstić information content (AvgIpc) is 3.22. The van der Waals surface area contributed by atoms with Crippen LogP contribution in [-0.2, 0) is 16.4 Å². The molecule has 4 rings (SSSR count). The molecule has 1 aliphatic heterocycles. The fourth-order valence-electron chi connectivity index (χ4n) is 4.85. The van der Waals surface area contributed by atoms with E-state index in [1.807, 2.05) is 23.1 Å². The molecule has 2 N–H and O–H groups in total. The number of rotatable bonds is 9. The number of hydrogen-bond acceptors (Lipinski definition) is 6. The third-order valence-electron chi connectivity index (χ3n) is 6.90. The summed E-state index contributed by atoms with van der Waals surface area (Å²) in [5.41, 5.74) is -0.588. The van der Waals surface area contributed by atoms with Gasteiger partial charge in [0.25, 0.3) is 5.66 Å². The number of anilines is 2. The third kappa shape index (κ3) is 8.00. The van der Waals surface area contributed by atoms with E-state index >= 15 is 0 Å². The Morgan fingerprint density at radius 1 is 1.12 bits per heavy atom. The molecule has 0 spiro atoms. The largest absolute Gasteiger partial charge is 0.495 e. The molecule has 0 saturated carbocycles. The van der Waals surface area contributed by atoms with Gasteiger partial charge in [-0.05, 0) is 62.2 Å². The summed E-state index contributed by atoms with van der Waals surface area (Å²) < 4.78 is 58.9. The molecule has 2 heterocycles. The van der Waals surface area contributed by atoms with Gasteiger partial charge in [-0.25, -0.2) is 17.2 Å². The van der Waals surface area contributed by atoms with Crippen molar-refractivity contribution >= 4 is 64.9 Å². The summed E-state index contributed by atoms with van der Waals surface area (Å²) in [5.74, 6) is 6.35. The summed E-state index contributed by atoms with van der Waals surface area (Å²) in [4.78, 5) is 1.95. The summed E-state index contributed by atoms with van der Waals surface area (Å²) in [6.07, 6.45) is 2.65. The fourth-order valence-corrected chi connectivity index (χ4v) is 5.67. The van der Waals surface area contributed by atoms with Crippen LogP contribution in [-0.4, -0.2) is 91.4 Å². The lowest BCUT2D eigenvalue weighted by molar-refractivity contribution is 0.0851. The van der Waals surface area contributed by atoms with Gasteiger partial charge in [-0.15, -0.1) is 0 Å². The first-order chi connectivity index (χ1) is 19.2. The summed E-state index contributed by atoms with van der Waals surface area (Å²) >= 11 is 0. The molecule has 14 heteroatoms. The summed E-state index contributed by atoms with van der Waals surface area (Å²) in [5, 5.41) is 6.06. The molecule has 0 aliphatic carbocycles. The van der Waals surface area contributed by atoms with Crippen molar-refractivity contribution in [2.24, 2.45) is 0 Å². The normalized spacial score (nSPS) is 15.3. The second-order valence-electron chi connectivity index (χ2n) is 10.2. The molecule has 2 aromatic carbocycles. The number of likely N-dealkylation sites (tertiary alicyclic amines) is 1. The Morgan fingerprint density at radius 3 is 2.44 bits per heavy atom. The zero-order valence-corrected chi connectivity index (χ0v) is 24.9. The highest BCUT2D eigenvalue weighted by Gasteiger charge is 2.27. The number of nitrogens with one attached hydrogen (secondary N) is 2. The molecule has 6 radical (unpaired) electrons. The molecule has 0 bridgehead atoms. The van der Waals surface area contributed by atoms with Crippen LogP contribution < -0.4 is 15.4 Å².